The molecule has 1 aliphatic carbocycles. The summed E-state index contributed by atoms with van der Waals surface area (Å²) in [5, 5.41) is 3.00. The van der Waals surface area contributed by atoms with Crippen LogP contribution in [0.3, 0.4) is 0 Å². The summed E-state index contributed by atoms with van der Waals surface area (Å²) in [5.41, 5.74) is 8.74. The van der Waals surface area contributed by atoms with Crippen molar-refractivity contribution >= 4 is 11.6 Å². The van der Waals surface area contributed by atoms with Crippen LogP contribution in [-0.2, 0) is 4.79 Å². The summed E-state index contributed by atoms with van der Waals surface area (Å²) in [5.74, 6) is -0.0316. The van der Waals surface area contributed by atoms with Gasteiger partial charge in [-0.05, 0) is 43.9 Å². The molecule has 3 N–H and O–H groups in total. The molecule has 0 atom stereocenters. The number of benzene rings is 1. The van der Waals surface area contributed by atoms with Crippen LogP contribution in [0.4, 0.5) is 5.69 Å². The molecule has 1 aromatic carbocycles. The van der Waals surface area contributed by atoms with E-state index in [0.29, 0.717) is 0 Å². The second-order valence-electron chi connectivity index (χ2n) is 5.42. The number of carbonyl (C=O) groups is 1. The van der Waals surface area contributed by atoms with Gasteiger partial charge in [0, 0.05) is 5.69 Å². The fourth-order valence-corrected chi connectivity index (χ4v) is 2.54. The molecular formula is C15H22N2O. The fraction of sp³-hybridized carbons (Fsp3) is 0.533. The molecule has 18 heavy (non-hydrogen) atoms. The largest absolute Gasteiger partial charge is 0.324 e. The topological polar surface area (TPSA) is 55.1 Å². The van der Waals surface area contributed by atoms with Gasteiger partial charge in [-0.3, -0.25) is 4.79 Å². The predicted octanol–water partition coefficient (Wildman–Crippen LogP) is 2.90. The first-order chi connectivity index (χ1) is 8.53. The molecule has 0 heterocycles. The maximum absolute atomic E-state index is 12.3. The van der Waals surface area contributed by atoms with Crippen molar-refractivity contribution in [2.24, 2.45) is 5.73 Å². The second-order valence-corrected chi connectivity index (χ2v) is 5.42. The monoisotopic (exact) mass is 246 g/mol. The van der Waals surface area contributed by atoms with Gasteiger partial charge < -0.3 is 11.1 Å². The summed E-state index contributed by atoms with van der Waals surface area (Å²) in [6.07, 6.45) is 4.89. The van der Waals surface area contributed by atoms with Crippen LogP contribution in [0.1, 0.15) is 43.2 Å². The number of amides is 1. The standard InChI is InChI=1S/C15H22N2O/c1-11-7-6-8-13(12(11)2)17-14(18)15(16)9-4-3-5-10-15/h6-8H,3-5,9-10,16H2,1-2H3,(H,17,18). The summed E-state index contributed by atoms with van der Waals surface area (Å²) in [7, 11) is 0. The second kappa shape index (κ2) is 5.11. The molecule has 0 spiro atoms. The van der Waals surface area contributed by atoms with Crippen molar-refractivity contribution in [3.63, 3.8) is 0 Å². The molecule has 2 rings (SSSR count). The minimum Gasteiger partial charge on any atom is -0.324 e. The third-order valence-electron chi connectivity index (χ3n) is 4.05. The molecule has 0 unspecified atom stereocenters. The maximum atomic E-state index is 12.3. The molecule has 0 saturated heterocycles. The van der Waals surface area contributed by atoms with E-state index in [1.54, 1.807) is 0 Å². The summed E-state index contributed by atoms with van der Waals surface area (Å²) in [6, 6.07) is 5.94. The van der Waals surface area contributed by atoms with E-state index in [2.05, 4.69) is 5.32 Å². The van der Waals surface area contributed by atoms with Gasteiger partial charge in [-0.2, -0.15) is 0 Å². The summed E-state index contributed by atoms with van der Waals surface area (Å²) in [6.45, 7) is 4.07. The van der Waals surface area contributed by atoms with Crippen molar-refractivity contribution in [2.75, 3.05) is 5.32 Å². The van der Waals surface area contributed by atoms with Crippen molar-refractivity contribution in [1.29, 1.82) is 0 Å². The van der Waals surface area contributed by atoms with Gasteiger partial charge in [-0.1, -0.05) is 31.4 Å². The van der Waals surface area contributed by atoms with E-state index in [-0.39, 0.29) is 5.91 Å². The Balaban J connectivity index is 2.13. The third-order valence-corrected chi connectivity index (χ3v) is 4.05. The first-order valence-electron chi connectivity index (χ1n) is 6.69. The number of aryl methyl sites for hydroxylation is 1. The number of rotatable bonds is 2. The number of nitrogens with one attached hydrogen (secondary N) is 1. The minimum atomic E-state index is -0.672. The van der Waals surface area contributed by atoms with Crippen LogP contribution in [0.15, 0.2) is 18.2 Å². The highest BCUT2D eigenvalue weighted by Crippen LogP contribution is 2.28. The number of nitrogens with two attached hydrogens (primary N) is 1. The van der Waals surface area contributed by atoms with Crippen LogP contribution in [0.2, 0.25) is 0 Å². The van der Waals surface area contributed by atoms with E-state index in [9.17, 15) is 4.79 Å². The minimum absolute atomic E-state index is 0.0316. The van der Waals surface area contributed by atoms with Crippen molar-refractivity contribution in [1.82, 2.24) is 0 Å². The zero-order chi connectivity index (χ0) is 13.2. The van der Waals surface area contributed by atoms with E-state index < -0.39 is 5.54 Å². The molecule has 0 bridgehead atoms. The predicted molar refractivity (Wildman–Crippen MR) is 74.5 cm³/mol. The zero-order valence-corrected chi connectivity index (χ0v) is 11.3. The van der Waals surface area contributed by atoms with Crippen LogP contribution < -0.4 is 11.1 Å². The Hall–Kier alpha value is -1.35. The Morgan fingerprint density at radius 3 is 2.56 bits per heavy atom. The van der Waals surface area contributed by atoms with Crippen molar-refractivity contribution in [3.05, 3.63) is 29.3 Å². The van der Waals surface area contributed by atoms with Crippen LogP contribution >= 0.6 is 0 Å². The average molecular weight is 246 g/mol. The van der Waals surface area contributed by atoms with Crippen LogP contribution in [-0.4, -0.2) is 11.4 Å². The first-order valence-corrected chi connectivity index (χ1v) is 6.69. The highest BCUT2D eigenvalue weighted by atomic mass is 16.2. The fourth-order valence-electron chi connectivity index (χ4n) is 2.54. The Bertz CT molecular complexity index is 448. The summed E-state index contributed by atoms with van der Waals surface area (Å²) >= 11 is 0. The smallest absolute Gasteiger partial charge is 0.244 e. The molecule has 1 amide bonds. The molecule has 98 valence electrons. The molecule has 1 aromatic rings. The Morgan fingerprint density at radius 2 is 1.89 bits per heavy atom. The average Bonchev–Trinajstić information content (AvgIpc) is 2.36. The number of hydrogen-bond acceptors (Lipinski definition) is 2. The van der Waals surface area contributed by atoms with E-state index >= 15 is 0 Å². The van der Waals surface area contributed by atoms with Gasteiger partial charge in [-0.15, -0.1) is 0 Å². The number of anilines is 1. The van der Waals surface area contributed by atoms with Crippen molar-refractivity contribution in [2.45, 2.75) is 51.5 Å². The maximum Gasteiger partial charge on any atom is 0.244 e. The number of hydrogen-bond donors (Lipinski definition) is 2. The Morgan fingerprint density at radius 1 is 1.22 bits per heavy atom. The molecule has 0 aliphatic heterocycles. The summed E-state index contributed by atoms with van der Waals surface area (Å²) < 4.78 is 0. The normalized spacial score (nSPS) is 18.4. The lowest BCUT2D eigenvalue weighted by molar-refractivity contribution is -0.122. The molecule has 0 radical (unpaired) electrons. The first kappa shape index (κ1) is 13.1. The molecule has 3 heteroatoms. The molecule has 3 nitrogen and oxygen atoms in total. The molecule has 0 aromatic heterocycles. The van der Waals surface area contributed by atoms with Crippen LogP contribution in [0, 0.1) is 13.8 Å². The van der Waals surface area contributed by atoms with E-state index in [1.807, 2.05) is 32.0 Å². The van der Waals surface area contributed by atoms with Gasteiger partial charge in [0.2, 0.25) is 5.91 Å². The van der Waals surface area contributed by atoms with Crippen molar-refractivity contribution < 1.29 is 4.79 Å². The molecule has 1 fully saturated rings. The van der Waals surface area contributed by atoms with Gasteiger partial charge in [0.25, 0.3) is 0 Å². The lowest BCUT2D eigenvalue weighted by Crippen LogP contribution is -2.52. The number of carbonyl (C=O) groups excluding carboxylic acids is 1. The highest BCUT2D eigenvalue weighted by molar-refractivity contribution is 5.98. The third kappa shape index (κ3) is 2.56. The van der Waals surface area contributed by atoms with Gasteiger partial charge >= 0.3 is 0 Å². The van der Waals surface area contributed by atoms with Gasteiger partial charge in [0.15, 0.2) is 0 Å². The van der Waals surface area contributed by atoms with Gasteiger partial charge in [0.05, 0.1) is 5.54 Å². The van der Waals surface area contributed by atoms with Crippen LogP contribution in [0.25, 0.3) is 0 Å². The van der Waals surface area contributed by atoms with E-state index in [1.165, 1.54) is 12.0 Å². The summed E-state index contributed by atoms with van der Waals surface area (Å²) in [4.78, 5) is 12.3. The molecule has 1 aliphatic rings. The Kier molecular flexibility index (Phi) is 3.71. The lowest BCUT2D eigenvalue weighted by Gasteiger charge is -2.32. The highest BCUT2D eigenvalue weighted by Gasteiger charge is 2.35. The zero-order valence-electron chi connectivity index (χ0n) is 11.3. The molecule has 1 saturated carbocycles. The van der Waals surface area contributed by atoms with E-state index in [0.717, 1.165) is 36.9 Å². The van der Waals surface area contributed by atoms with Crippen LogP contribution in [0.5, 0.6) is 0 Å². The van der Waals surface area contributed by atoms with E-state index in [4.69, 9.17) is 5.73 Å². The lowest BCUT2D eigenvalue weighted by atomic mass is 9.82. The molecular weight excluding hydrogens is 224 g/mol. The SMILES string of the molecule is Cc1cccc(NC(=O)C2(N)CCCCC2)c1C. The van der Waals surface area contributed by atoms with Gasteiger partial charge in [-0.25, -0.2) is 0 Å². The Labute approximate surface area is 109 Å². The van der Waals surface area contributed by atoms with Crippen molar-refractivity contribution in [3.8, 4) is 0 Å². The van der Waals surface area contributed by atoms with Gasteiger partial charge in [0.1, 0.15) is 0 Å². The quantitative estimate of drug-likeness (QED) is 0.843.